The van der Waals surface area contributed by atoms with Crippen LogP contribution >= 0.6 is 11.8 Å². The van der Waals surface area contributed by atoms with E-state index in [1.807, 2.05) is 20.8 Å². The lowest BCUT2D eigenvalue weighted by atomic mass is 10.1. The number of carbonyl (C=O) groups is 2. The lowest BCUT2D eigenvalue weighted by molar-refractivity contribution is -0.125. The molecule has 2 N–H and O–H groups in total. The Hall–Kier alpha value is -1.63. The molecule has 0 heterocycles. The summed E-state index contributed by atoms with van der Waals surface area (Å²) in [5.74, 6) is -2.50. The molecule has 0 aliphatic carbocycles. The average molecular weight is 316 g/mol. The quantitative estimate of drug-likeness (QED) is 0.818. The van der Waals surface area contributed by atoms with E-state index >= 15 is 0 Å². The Bertz CT molecular complexity index is 530. The molecule has 116 valence electrons. The highest BCUT2D eigenvalue weighted by molar-refractivity contribution is 8.00. The number of carbonyl (C=O) groups excluding carboxylic acids is 2. The lowest BCUT2D eigenvalue weighted by Gasteiger charge is -2.20. The van der Waals surface area contributed by atoms with E-state index in [1.54, 1.807) is 0 Å². The van der Waals surface area contributed by atoms with Gasteiger partial charge in [-0.2, -0.15) is 0 Å². The molecule has 1 aromatic rings. The number of rotatable bonds is 5. The third kappa shape index (κ3) is 7.08. The van der Waals surface area contributed by atoms with Crippen LogP contribution < -0.4 is 10.6 Å². The van der Waals surface area contributed by atoms with Gasteiger partial charge >= 0.3 is 0 Å². The molecule has 0 aromatic heterocycles. The minimum atomic E-state index is -0.954. The monoisotopic (exact) mass is 316 g/mol. The van der Waals surface area contributed by atoms with Crippen molar-refractivity contribution >= 4 is 23.6 Å². The predicted molar refractivity (Wildman–Crippen MR) is 78.0 cm³/mol. The first-order valence-corrected chi connectivity index (χ1v) is 7.31. The molecule has 21 heavy (non-hydrogen) atoms. The molecule has 7 heteroatoms. The number of benzene rings is 1. The highest BCUT2D eigenvalue weighted by Gasteiger charge is 2.14. The molecule has 0 atom stereocenters. The number of halogens is 2. The van der Waals surface area contributed by atoms with Crippen molar-refractivity contribution in [1.82, 2.24) is 10.6 Å². The maximum Gasteiger partial charge on any atom is 0.239 e. The summed E-state index contributed by atoms with van der Waals surface area (Å²) in [7, 11) is 0. The summed E-state index contributed by atoms with van der Waals surface area (Å²) in [6.07, 6.45) is 0. The first-order valence-electron chi connectivity index (χ1n) is 6.33. The maximum atomic E-state index is 13.0. The van der Waals surface area contributed by atoms with Gasteiger partial charge in [-0.25, -0.2) is 8.78 Å². The van der Waals surface area contributed by atoms with E-state index < -0.39 is 11.6 Å². The third-order valence-corrected chi connectivity index (χ3v) is 3.22. The average Bonchev–Trinajstić information content (AvgIpc) is 2.36. The number of hydrogen-bond donors (Lipinski definition) is 2. The van der Waals surface area contributed by atoms with Gasteiger partial charge < -0.3 is 10.6 Å². The Labute approximate surface area is 126 Å². The summed E-state index contributed by atoms with van der Waals surface area (Å²) < 4.78 is 25.7. The fourth-order valence-electron chi connectivity index (χ4n) is 1.41. The van der Waals surface area contributed by atoms with Crippen LogP contribution in [0.4, 0.5) is 8.78 Å². The van der Waals surface area contributed by atoms with Crippen LogP contribution in [-0.4, -0.2) is 29.7 Å². The molecular weight excluding hydrogens is 298 g/mol. The summed E-state index contributed by atoms with van der Waals surface area (Å²) in [4.78, 5) is 23.5. The molecule has 0 radical (unpaired) electrons. The molecule has 1 aromatic carbocycles. The Morgan fingerprint density at radius 3 is 2.38 bits per heavy atom. The molecule has 0 bridgehead atoms. The normalized spacial score (nSPS) is 11.1. The first-order chi connectivity index (χ1) is 9.67. The SMILES string of the molecule is CC(C)(C)NC(=O)CNC(=O)CSc1ccc(F)c(F)c1. The highest BCUT2D eigenvalue weighted by Crippen LogP contribution is 2.19. The van der Waals surface area contributed by atoms with Crippen LogP contribution in [0.5, 0.6) is 0 Å². The van der Waals surface area contributed by atoms with Crippen molar-refractivity contribution in [1.29, 1.82) is 0 Å². The second-order valence-corrected chi connectivity index (χ2v) is 6.49. The fraction of sp³-hybridized carbons (Fsp3) is 0.429. The largest absolute Gasteiger partial charge is 0.350 e. The van der Waals surface area contributed by atoms with Crippen molar-refractivity contribution in [3.8, 4) is 0 Å². The minimum absolute atomic E-state index is 0.0217. The van der Waals surface area contributed by atoms with Crippen LogP contribution in [0, 0.1) is 11.6 Å². The van der Waals surface area contributed by atoms with Gasteiger partial charge in [-0.3, -0.25) is 9.59 Å². The van der Waals surface area contributed by atoms with Crippen molar-refractivity contribution in [2.75, 3.05) is 12.3 Å². The Balaban J connectivity index is 2.34. The van der Waals surface area contributed by atoms with Crippen molar-refractivity contribution < 1.29 is 18.4 Å². The van der Waals surface area contributed by atoms with Gasteiger partial charge in [0.25, 0.3) is 0 Å². The van der Waals surface area contributed by atoms with Crippen LogP contribution in [0.1, 0.15) is 20.8 Å². The van der Waals surface area contributed by atoms with Crippen LogP contribution in [0.3, 0.4) is 0 Å². The molecule has 0 saturated heterocycles. The van der Waals surface area contributed by atoms with Crippen LogP contribution in [0.25, 0.3) is 0 Å². The molecule has 0 fully saturated rings. The Morgan fingerprint density at radius 1 is 1.14 bits per heavy atom. The molecule has 0 saturated carbocycles. The summed E-state index contributed by atoms with van der Waals surface area (Å²) in [6.45, 7) is 5.40. The van der Waals surface area contributed by atoms with Gasteiger partial charge in [0, 0.05) is 10.4 Å². The van der Waals surface area contributed by atoms with Crippen LogP contribution in [0.15, 0.2) is 23.1 Å². The lowest BCUT2D eigenvalue weighted by Crippen LogP contribution is -2.46. The van der Waals surface area contributed by atoms with Crippen LogP contribution in [-0.2, 0) is 9.59 Å². The van der Waals surface area contributed by atoms with E-state index in [-0.39, 0.29) is 29.7 Å². The smallest absolute Gasteiger partial charge is 0.239 e. The number of hydrogen-bond acceptors (Lipinski definition) is 3. The van der Waals surface area contributed by atoms with Gasteiger partial charge in [-0.1, -0.05) is 0 Å². The second-order valence-electron chi connectivity index (χ2n) is 5.44. The molecule has 0 unspecified atom stereocenters. The van der Waals surface area contributed by atoms with Crippen molar-refractivity contribution in [2.45, 2.75) is 31.2 Å². The zero-order chi connectivity index (χ0) is 16.0. The minimum Gasteiger partial charge on any atom is -0.350 e. The summed E-state index contributed by atoms with van der Waals surface area (Å²) in [5.41, 5.74) is -0.359. The van der Waals surface area contributed by atoms with E-state index in [9.17, 15) is 18.4 Å². The zero-order valence-electron chi connectivity index (χ0n) is 12.1. The van der Waals surface area contributed by atoms with E-state index in [0.29, 0.717) is 4.90 Å². The summed E-state index contributed by atoms with van der Waals surface area (Å²) in [6, 6.07) is 3.43. The van der Waals surface area contributed by atoms with Gasteiger partial charge in [-0.15, -0.1) is 11.8 Å². The third-order valence-electron chi connectivity index (χ3n) is 2.22. The highest BCUT2D eigenvalue weighted by atomic mass is 32.2. The second kappa shape index (κ2) is 7.40. The first kappa shape index (κ1) is 17.4. The molecule has 4 nitrogen and oxygen atoms in total. The van der Waals surface area contributed by atoms with Gasteiger partial charge in [0.2, 0.25) is 11.8 Å². The number of nitrogens with one attached hydrogen (secondary N) is 2. The van der Waals surface area contributed by atoms with Gasteiger partial charge in [0.05, 0.1) is 12.3 Å². The Morgan fingerprint density at radius 2 is 1.81 bits per heavy atom. The predicted octanol–water partition coefficient (Wildman–Crippen LogP) is 2.09. The van der Waals surface area contributed by atoms with E-state index in [2.05, 4.69) is 10.6 Å². The van der Waals surface area contributed by atoms with Crippen molar-refractivity contribution in [3.05, 3.63) is 29.8 Å². The number of amides is 2. The van der Waals surface area contributed by atoms with E-state index in [0.717, 1.165) is 23.9 Å². The Kier molecular flexibility index (Phi) is 6.14. The summed E-state index contributed by atoms with van der Waals surface area (Å²) in [5, 5.41) is 5.17. The maximum absolute atomic E-state index is 13.0. The standard InChI is InChI=1S/C14H18F2N2O2S/c1-14(2,3)18-12(19)7-17-13(20)8-21-9-4-5-10(15)11(16)6-9/h4-6H,7-8H2,1-3H3,(H,17,20)(H,18,19). The van der Waals surface area contributed by atoms with Crippen molar-refractivity contribution in [2.24, 2.45) is 0 Å². The van der Waals surface area contributed by atoms with E-state index in [4.69, 9.17) is 0 Å². The fourth-order valence-corrected chi connectivity index (χ4v) is 2.16. The summed E-state index contributed by atoms with van der Waals surface area (Å²) >= 11 is 1.07. The van der Waals surface area contributed by atoms with Gasteiger partial charge in [-0.05, 0) is 39.0 Å². The number of thioether (sulfide) groups is 1. The van der Waals surface area contributed by atoms with Gasteiger partial charge in [0.1, 0.15) is 0 Å². The van der Waals surface area contributed by atoms with Gasteiger partial charge in [0.15, 0.2) is 11.6 Å². The molecule has 0 aliphatic heterocycles. The zero-order valence-corrected chi connectivity index (χ0v) is 12.9. The molecule has 0 aliphatic rings. The van der Waals surface area contributed by atoms with Crippen LogP contribution in [0.2, 0.25) is 0 Å². The molecule has 1 rings (SSSR count). The molecular formula is C14H18F2N2O2S. The van der Waals surface area contributed by atoms with Crippen molar-refractivity contribution in [3.63, 3.8) is 0 Å². The van der Waals surface area contributed by atoms with E-state index in [1.165, 1.54) is 6.07 Å². The molecule has 2 amide bonds. The topological polar surface area (TPSA) is 58.2 Å². The molecule has 0 spiro atoms.